The first kappa shape index (κ1) is 17.6. The largest absolute Gasteiger partial charge is 0.390 e. The number of nitrogens with zero attached hydrogens (tertiary/aromatic N) is 4. The van der Waals surface area contributed by atoms with Crippen LogP contribution < -0.4 is 5.32 Å². The highest BCUT2D eigenvalue weighted by molar-refractivity contribution is 5.97. The predicted octanol–water partition coefficient (Wildman–Crippen LogP) is 1.33. The number of aromatic nitrogens is 3. The zero-order valence-corrected chi connectivity index (χ0v) is 15.2. The normalized spacial score (nSPS) is 20.7. The maximum atomic E-state index is 12.6. The summed E-state index contributed by atoms with van der Waals surface area (Å²) in [6, 6.07) is 9.17. The number of amides is 1. The van der Waals surface area contributed by atoms with Gasteiger partial charge in [0.15, 0.2) is 0 Å². The summed E-state index contributed by atoms with van der Waals surface area (Å²) in [6.07, 6.45) is 5.43. The second-order valence-corrected chi connectivity index (χ2v) is 7.09. The average Bonchev–Trinajstić information content (AvgIpc) is 3.05. The van der Waals surface area contributed by atoms with Crippen LogP contribution in [0.2, 0.25) is 0 Å². The van der Waals surface area contributed by atoms with Gasteiger partial charge in [-0.25, -0.2) is 4.98 Å². The van der Waals surface area contributed by atoms with Gasteiger partial charge in [0.25, 0.3) is 5.91 Å². The van der Waals surface area contributed by atoms with Crippen LogP contribution in [-0.2, 0) is 13.6 Å². The Morgan fingerprint density at radius 2 is 2.26 bits per heavy atom. The number of aliphatic hydroxyl groups is 1. The van der Waals surface area contributed by atoms with Crippen molar-refractivity contribution in [2.45, 2.75) is 25.1 Å². The van der Waals surface area contributed by atoms with E-state index < -0.39 is 6.10 Å². The molecule has 1 aromatic carbocycles. The Bertz CT molecular complexity index is 940. The number of β-amino-alcohol motifs (C(OH)–C–C–N with tert-alkyl or cyclic N) is 1. The average molecular weight is 365 g/mol. The molecule has 0 radical (unpaired) electrons. The number of hydrogen-bond donors (Lipinski definition) is 2. The van der Waals surface area contributed by atoms with Gasteiger partial charge in [-0.1, -0.05) is 6.07 Å². The molecule has 1 aliphatic heterocycles. The highest BCUT2D eigenvalue weighted by atomic mass is 16.3. The van der Waals surface area contributed by atoms with Crippen LogP contribution in [0.4, 0.5) is 0 Å². The van der Waals surface area contributed by atoms with E-state index in [9.17, 15) is 9.90 Å². The van der Waals surface area contributed by atoms with Gasteiger partial charge in [0.1, 0.15) is 0 Å². The van der Waals surface area contributed by atoms with E-state index >= 15 is 0 Å². The summed E-state index contributed by atoms with van der Waals surface area (Å²) in [7, 11) is 1.92. The summed E-state index contributed by atoms with van der Waals surface area (Å²) in [5, 5.41) is 13.5. The van der Waals surface area contributed by atoms with Crippen LogP contribution in [0.25, 0.3) is 11.0 Å². The van der Waals surface area contributed by atoms with Gasteiger partial charge in [-0.3, -0.25) is 14.7 Å². The summed E-state index contributed by atoms with van der Waals surface area (Å²) < 4.78 is 1.92. The molecule has 1 saturated heterocycles. The van der Waals surface area contributed by atoms with E-state index in [1.54, 1.807) is 24.7 Å². The number of benzene rings is 1. The second kappa shape index (κ2) is 7.46. The molecular formula is C20H23N5O2. The number of fused-ring (bicyclic) bond motifs is 1. The van der Waals surface area contributed by atoms with Gasteiger partial charge in [-0.2, -0.15) is 0 Å². The first-order valence-electron chi connectivity index (χ1n) is 9.11. The molecule has 7 heteroatoms. The molecule has 3 aromatic rings. The Morgan fingerprint density at radius 1 is 1.37 bits per heavy atom. The lowest BCUT2D eigenvalue weighted by atomic mass is 10.0. The summed E-state index contributed by atoms with van der Waals surface area (Å²) in [5.41, 5.74) is 3.45. The highest BCUT2D eigenvalue weighted by Crippen LogP contribution is 2.17. The molecular weight excluding hydrogens is 342 g/mol. The Balaban J connectivity index is 1.37. The number of carbonyl (C=O) groups excluding carboxylic acids is 1. The molecule has 0 bridgehead atoms. The van der Waals surface area contributed by atoms with Crippen molar-refractivity contribution in [3.63, 3.8) is 0 Å². The van der Waals surface area contributed by atoms with E-state index in [1.165, 1.54) is 0 Å². The quantitative estimate of drug-likeness (QED) is 0.729. The van der Waals surface area contributed by atoms with Gasteiger partial charge in [0, 0.05) is 44.6 Å². The standard InChI is InChI=1S/C20H23N5O2/c1-24-13-22-17-9-15(4-5-18(17)24)20(27)23-16-6-8-25(12-19(16)26)11-14-3-2-7-21-10-14/h2-5,7,9-10,13,16,19,26H,6,8,11-12H2,1H3,(H,23,27)/t16-,19-/m1/s1. The van der Waals surface area contributed by atoms with Crippen LogP contribution in [0.15, 0.2) is 49.1 Å². The van der Waals surface area contributed by atoms with Crippen molar-refractivity contribution >= 4 is 16.9 Å². The lowest BCUT2D eigenvalue weighted by molar-refractivity contribution is 0.0349. The molecule has 1 aliphatic rings. The Labute approximate surface area is 157 Å². The number of pyridine rings is 1. The Morgan fingerprint density at radius 3 is 3.04 bits per heavy atom. The fraction of sp³-hybridized carbons (Fsp3) is 0.350. The Kier molecular flexibility index (Phi) is 4.87. The summed E-state index contributed by atoms with van der Waals surface area (Å²) >= 11 is 0. The van der Waals surface area contributed by atoms with Crippen molar-refractivity contribution < 1.29 is 9.90 Å². The molecule has 4 rings (SSSR count). The molecule has 0 unspecified atom stereocenters. The summed E-state index contributed by atoms with van der Waals surface area (Å²) in [4.78, 5) is 23.2. The molecule has 0 aliphatic carbocycles. The number of piperidine rings is 1. The van der Waals surface area contributed by atoms with Gasteiger partial charge in [0.2, 0.25) is 0 Å². The number of rotatable bonds is 4. The molecule has 2 atom stereocenters. The van der Waals surface area contributed by atoms with Gasteiger partial charge in [-0.15, -0.1) is 0 Å². The number of aryl methyl sites for hydroxylation is 1. The molecule has 27 heavy (non-hydrogen) atoms. The zero-order valence-electron chi connectivity index (χ0n) is 15.2. The van der Waals surface area contributed by atoms with Gasteiger partial charge >= 0.3 is 0 Å². The molecule has 3 heterocycles. The molecule has 1 amide bonds. The number of imidazole rings is 1. The molecule has 0 spiro atoms. The van der Waals surface area contributed by atoms with Crippen LogP contribution >= 0.6 is 0 Å². The minimum atomic E-state index is -0.599. The number of nitrogens with one attached hydrogen (secondary N) is 1. The third-order valence-corrected chi connectivity index (χ3v) is 5.10. The summed E-state index contributed by atoms with van der Waals surface area (Å²) in [6.45, 7) is 2.09. The number of likely N-dealkylation sites (tertiary alicyclic amines) is 1. The van der Waals surface area contributed by atoms with Gasteiger partial charge in [0.05, 0.1) is 29.5 Å². The molecule has 140 valence electrons. The second-order valence-electron chi connectivity index (χ2n) is 7.09. The minimum Gasteiger partial charge on any atom is -0.390 e. The van der Waals surface area contributed by atoms with Crippen molar-refractivity contribution in [2.24, 2.45) is 7.05 Å². The van der Waals surface area contributed by atoms with Crippen molar-refractivity contribution in [1.82, 2.24) is 24.8 Å². The van der Waals surface area contributed by atoms with Crippen molar-refractivity contribution in [3.05, 3.63) is 60.2 Å². The molecule has 2 aromatic heterocycles. The first-order chi connectivity index (χ1) is 13.1. The van der Waals surface area contributed by atoms with E-state index in [0.29, 0.717) is 18.5 Å². The molecule has 2 N–H and O–H groups in total. The maximum Gasteiger partial charge on any atom is 0.251 e. The van der Waals surface area contributed by atoms with E-state index in [-0.39, 0.29) is 11.9 Å². The number of hydrogen-bond acceptors (Lipinski definition) is 5. The van der Waals surface area contributed by atoms with Gasteiger partial charge in [-0.05, 0) is 36.2 Å². The molecule has 7 nitrogen and oxygen atoms in total. The Hall–Kier alpha value is -2.77. The maximum absolute atomic E-state index is 12.6. The van der Waals surface area contributed by atoms with Crippen LogP contribution in [0.3, 0.4) is 0 Å². The van der Waals surface area contributed by atoms with Crippen LogP contribution in [-0.4, -0.2) is 55.7 Å². The van der Waals surface area contributed by atoms with Crippen LogP contribution in [0.5, 0.6) is 0 Å². The molecule has 1 fully saturated rings. The lowest BCUT2D eigenvalue weighted by Crippen LogP contribution is -2.53. The number of aliphatic hydroxyl groups excluding tert-OH is 1. The van der Waals surface area contributed by atoms with Crippen molar-refractivity contribution in [3.8, 4) is 0 Å². The predicted molar refractivity (Wildman–Crippen MR) is 102 cm³/mol. The summed E-state index contributed by atoms with van der Waals surface area (Å²) in [5.74, 6) is -0.174. The van der Waals surface area contributed by atoms with Crippen molar-refractivity contribution in [1.29, 1.82) is 0 Å². The highest BCUT2D eigenvalue weighted by Gasteiger charge is 2.29. The van der Waals surface area contributed by atoms with E-state index in [4.69, 9.17) is 0 Å². The first-order valence-corrected chi connectivity index (χ1v) is 9.11. The zero-order chi connectivity index (χ0) is 18.8. The monoisotopic (exact) mass is 365 g/mol. The van der Waals surface area contributed by atoms with Crippen LogP contribution in [0, 0.1) is 0 Å². The fourth-order valence-corrected chi connectivity index (χ4v) is 3.59. The van der Waals surface area contributed by atoms with E-state index in [2.05, 4.69) is 20.2 Å². The SMILES string of the molecule is Cn1cnc2cc(C(=O)N[C@@H]3CCN(Cc4cccnc4)C[C@H]3O)ccc21. The third-order valence-electron chi connectivity index (χ3n) is 5.10. The third kappa shape index (κ3) is 3.84. The van der Waals surface area contributed by atoms with Crippen LogP contribution in [0.1, 0.15) is 22.3 Å². The lowest BCUT2D eigenvalue weighted by Gasteiger charge is -2.36. The number of carbonyl (C=O) groups is 1. The van der Waals surface area contributed by atoms with E-state index in [1.807, 2.05) is 36.0 Å². The van der Waals surface area contributed by atoms with E-state index in [0.717, 1.165) is 29.7 Å². The smallest absolute Gasteiger partial charge is 0.251 e. The fourth-order valence-electron chi connectivity index (χ4n) is 3.59. The minimum absolute atomic E-state index is 0.174. The topological polar surface area (TPSA) is 83.3 Å². The molecule has 0 saturated carbocycles. The van der Waals surface area contributed by atoms with Crippen molar-refractivity contribution in [2.75, 3.05) is 13.1 Å². The van der Waals surface area contributed by atoms with Gasteiger partial charge < -0.3 is 15.0 Å².